The number of anilines is 1. The van der Waals surface area contributed by atoms with Gasteiger partial charge in [-0.15, -0.1) is 0 Å². The number of aromatic nitrogens is 4. The highest BCUT2D eigenvalue weighted by Crippen LogP contribution is 2.46. The number of nitrogen functional groups attached to an aromatic ring is 1. The van der Waals surface area contributed by atoms with E-state index in [9.17, 15) is 0 Å². The van der Waals surface area contributed by atoms with Crippen molar-refractivity contribution in [1.82, 2.24) is 19.5 Å². The van der Waals surface area contributed by atoms with Gasteiger partial charge in [0.05, 0.1) is 19.5 Å². The van der Waals surface area contributed by atoms with E-state index in [1.54, 1.807) is 20.5 Å². The Labute approximate surface area is 132 Å². The number of hydrogen-bond acceptors (Lipinski definition) is 8. The standard InChI is InChI=1S/C14H19N5O4/c1-20-5-14-3-4-22-10(14)9(21-2)13(23-14)19-7-18-8-11(15)16-6-17-12(8)19/h6-7,9-10,13H,3-5H2,1-2H3,(H2,15,16,17)/t9?,10?,13-,14-/m1/s1. The summed E-state index contributed by atoms with van der Waals surface area (Å²) >= 11 is 0. The second kappa shape index (κ2) is 5.38. The maximum absolute atomic E-state index is 6.36. The van der Waals surface area contributed by atoms with Crippen molar-refractivity contribution in [2.45, 2.75) is 30.5 Å². The molecule has 2 aromatic rings. The monoisotopic (exact) mass is 321 g/mol. The molecule has 0 saturated carbocycles. The molecule has 0 aromatic carbocycles. The van der Waals surface area contributed by atoms with Crippen LogP contribution in [0.2, 0.25) is 0 Å². The molecule has 2 unspecified atom stereocenters. The molecule has 2 aliphatic rings. The Bertz CT molecular complexity index is 722. The van der Waals surface area contributed by atoms with Crippen molar-refractivity contribution in [2.24, 2.45) is 0 Å². The van der Waals surface area contributed by atoms with Gasteiger partial charge >= 0.3 is 0 Å². The summed E-state index contributed by atoms with van der Waals surface area (Å²) in [7, 11) is 3.30. The van der Waals surface area contributed by atoms with Crippen molar-refractivity contribution in [2.75, 3.05) is 33.2 Å². The molecule has 9 heteroatoms. The molecule has 4 rings (SSSR count). The van der Waals surface area contributed by atoms with Crippen molar-refractivity contribution in [3.63, 3.8) is 0 Å². The lowest BCUT2D eigenvalue weighted by atomic mass is 9.95. The van der Waals surface area contributed by atoms with E-state index in [1.807, 2.05) is 4.57 Å². The van der Waals surface area contributed by atoms with Crippen molar-refractivity contribution in [3.8, 4) is 0 Å². The highest BCUT2D eigenvalue weighted by Gasteiger charge is 2.60. The smallest absolute Gasteiger partial charge is 0.167 e. The fourth-order valence-corrected chi connectivity index (χ4v) is 3.57. The van der Waals surface area contributed by atoms with Crippen LogP contribution < -0.4 is 5.73 Å². The minimum absolute atomic E-state index is 0.200. The molecule has 2 saturated heterocycles. The highest BCUT2D eigenvalue weighted by atomic mass is 16.6. The number of rotatable bonds is 4. The molecule has 0 radical (unpaired) electrons. The number of ether oxygens (including phenoxy) is 4. The Morgan fingerprint density at radius 2 is 2.26 bits per heavy atom. The lowest BCUT2D eigenvalue weighted by Crippen LogP contribution is -2.43. The zero-order chi connectivity index (χ0) is 16.0. The van der Waals surface area contributed by atoms with Crippen LogP contribution in [0.5, 0.6) is 0 Å². The minimum Gasteiger partial charge on any atom is -0.382 e. The molecule has 9 nitrogen and oxygen atoms in total. The summed E-state index contributed by atoms with van der Waals surface area (Å²) in [4.78, 5) is 12.5. The minimum atomic E-state index is -0.519. The number of methoxy groups -OCH3 is 2. The maximum Gasteiger partial charge on any atom is 0.167 e. The fourth-order valence-electron chi connectivity index (χ4n) is 3.57. The van der Waals surface area contributed by atoms with Crippen LogP contribution >= 0.6 is 0 Å². The van der Waals surface area contributed by atoms with Crippen molar-refractivity contribution in [3.05, 3.63) is 12.7 Å². The Balaban J connectivity index is 1.77. The summed E-state index contributed by atoms with van der Waals surface area (Å²) in [5, 5.41) is 0. The van der Waals surface area contributed by atoms with E-state index in [0.717, 1.165) is 6.42 Å². The van der Waals surface area contributed by atoms with Gasteiger partial charge < -0.3 is 24.7 Å². The number of fused-ring (bicyclic) bond motifs is 2. The van der Waals surface area contributed by atoms with Gasteiger partial charge in [-0.25, -0.2) is 15.0 Å². The maximum atomic E-state index is 6.36. The third-order valence-corrected chi connectivity index (χ3v) is 4.60. The molecule has 2 N–H and O–H groups in total. The summed E-state index contributed by atoms with van der Waals surface area (Å²) in [5.74, 6) is 0.337. The van der Waals surface area contributed by atoms with Gasteiger partial charge in [0.1, 0.15) is 29.7 Å². The van der Waals surface area contributed by atoms with Crippen LogP contribution in [0.4, 0.5) is 5.82 Å². The van der Waals surface area contributed by atoms with Crippen LogP contribution in [-0.2, 0) is 18.9 Å². The molecule has 2 aromatic heterocycles. The Hall–Kier alpha value is -1.81. The van der Waals surface area contributed by atoms with Crippen LogP contribution in [-0.4, -0.2) is 64.8 Å². The first-order chi connectivity index (χ1) is 11.2. The lowest BCUT2D eigenvalue weighted by Gasteiger charge is -2.26. The van der Waals surface area contributed by atoms with Crippen molar-refractivity contribution < 1.29 is 18.9 Å². The molecule has 2 fully saturated rings. The van der Waals surface area contributed by atoms with Crippen molar-refractivity contribution >= 4 is 17.0 Å². The summed E-state index contributed by atoms with van der Waals surface area (Å²) in [5.41, 5.74) is 6.49. The molecule has 4 heterocycles. The van der Waals surface area contributed by atoms with E-state index in [1.165, 1.54) is 6.33 Å². The van der Waals surface area contributed by atoms with Gasteiger partial charge in [0, 0.05) is 20.6 Å². The zero-order valence-electron chi connectivity index (χ0n) is 13.0. The molecule has 124 valence electrons. The molecule has 4 atom stereocenters. The third kappa shape index (κ3) is 2.04. The molecule has 2 aliphatic heterocycles. The molecular weight excluding hydrogens is 302 g/mol. The highest BCUT2D eigenvalue weighted by molar-refractivity contribution is 5.81. The van der Waals surface area contributed by atoms with Gasteiger partial charge in [-0.05, 0) is 0 Å². The predicted octanol–water partition coefficient (Wildman–Crippen LogP) is 0.126. The first-order valence-electron chi connectivity index (χ1n) is 7.44. The van der Waals surface area contributed by atoms with Crippen LogP contribution in [0.1, 0.15) is 12.6 Å². The fraction of sp³-hybridized carbons (Fsp3) is 0.643. The summed E-state index contributed by atoms with van der Waals surface area (Å²) < 4.78 is 25.1. The molecule has 0 bridgehead atoms. The van der Waals surface area contributed by atoms with Crippen LogP contribution in [0.3, 0.4) is 0 Å². The zero-order valence-corrected chi connectivity index (χ0v) is 13.0. The van der Waals surface area contributed by atoms with Gasteiger partial charge in [-0.1, -0.05) is 0 Å². The largest absolute Gasteiger partial charge is 0.382 e. The Kier molecular flexibility index (Phi) is 3.45. The summed E-state index contributed by atoms with van der Waals surface area (Å²) in [6.45, 7) is 1.07. The number of imidazole rings is 1. The topological polar surface area (TPSA) is 107 Å². The molecule has 23 heavy (non-hydrogen) atoms. The van der Waals surface area contributed by atoms with E-state index in [4.69, 9.17) is 24.7 Å². The molecular formula is C14H19N5O4. The molecule has 0 spiro atoms. The number of hydrogen-bond donors (Lipinski definition) is 1. The third-order valence-electron chi connectivity index (χ3n) is 4.60. The first kappa shape index (κ1) is 14.8. The average molecular weight is 321 g/mol. The van der Waals surface area contributed by atoms with E-state index in [2.05, 4.69) is 15.0 Å². The van der Waals surface area contributed by atoms with E-state index in [-0.39, 0.29) is 12.2 Å². The van der Waals surface area contributed by atoms with Gasteiger partial charge in [0.15, 0.2) is 17.7 Å². The van der Waals surface area contributed by atoms with Crippen LogP contribution in [0.25, 0.3) is 11.2 Å². The predicted molar refractivity (Wildman–Crippen MR) is 79.6 cm³/mol. The number of nitrogens with two attached hydrogens (primary N) is 1. The Morgan fingerprint density at radius 3 is 3.04 bits per heavy atom. The van der Waals surface area contributed by atoms with E-state index in [0.29, 0.717) is 30.2 Å². The van der Waals surface area contributed by atoms with E-state index >= 15 is 0 Å². The van der Waals surface area contributed by atoms with Gasteiger partial charge in [-0.3, -0.25) is 4.57 Å². The first-order valence-corrected chi connectivity index (χ1v) is 7.44. The van der Waals surface area contributed by atoms with Gasteiger partial charge in [0.2, 0.25) is 0 Å². The van der Waals surface area contributed by atoms with Gasteiger partial charge in [-0.2, -0.15) is 0 Å². The SMILES string of the molecule is COC[C@]12CCOC1C(OC)[C@H](n1cnc3c(N)ncnc31)O2. The lowest BCUT2D eigenvalue weighted by molar-refractivity contribution is -0.116. The van der Waals surface area contributed by atoms with Gasteiger partial charge in [0.25, 0.3) is 0 Å². The van der Waals surface area contributed by atoms with E-state index < -0.39 is 11.8 Å². The van der Waals surface area contributed by atoms with Crippen LogP contribution in [0.15, 0.2) is 12.7 Å². The molecule has 0 amide bonds. The quantitative estimate of drug-likeness (QED) is 0.846. The van der Waals surface area contributed by atoms with Crippen LogP contribution in [0, 0.1) is 0 Å². The second-order valence-electron chi connectivity index (χ2n) is 5.83. The number of nitrogens with zero attached hydrogens (tertiary/aromatic N) is 4. The summed E-state index contributed by atoms with van der Waals surface area (Å²) in [6, 6.07) is 0. The molecule has 0 aliphatic carbocycles. The normalized spacial score (nSPS) is 33.4. The van der Waals surface area contributed by atoms with Crippen molar-refractivity contribution in [1.29, 1.82) is 0 Å². The second-order valence-corrected chi connectivity index (χ2v) is 5.83. The summed E-state index contributed by atoms with van der Waals surface area (Å²) in [6.07, 6.45) is 2.91. The average Bonchev–Trinajstić information content (AvgIpc) is 3.19. The Morgan fingerprint density at radius 1 is 1.39 bits per heavy atom.